The quantitative estimate of drug-likeness (QED) is 0.694. The molecule has 0 radical (unpaired) electrons. The van der Waals surface area contributed by atoms with Crippen molar-refractivity contribution in [2.45, 2.75) is 0 Å². The van der Waals surface area contributed by atoms with E-state index in [0.717, 1.165) is 11.3 Å². The van der Waals surface area contributed by atoms with Gasteiger partial charge in [-0.25, -0.2) is 9.78 Å². The van der Waals surface area contributed by atoms with E-state index in [1.807, 2.05) is 6.07 Å². The minimum Gasteiger partial charge on any atom is -0.497 e. The second kappa shape index (κ2) is 6.16. The number of nitrogens with zero attached hydrogens (tertiary/aromatic N) is 2. The molecule has 23 heavy (non-hydrogen) atoms. The number of benzene rings is 2. The number of hydrogen-bond donors (Lipinski definition) is 0. The summed E-state index contributed by atoms with van der Waals surface area (Å²) in [5, 5.41) is 9.75. The fourth-order valence-electron chi connectivity index (χ4n) is 2.14. The first-order valence-electron chi connectivity index (χ1n) is 6.87. The Morgan fingerprint density at radius 2 is 1.96 bits per heavy atom. The third kappa shape index (κ3) is 2.97. The summed E-state index contributed by atoms with van der Waals surface area (Å²) in [4.78, 5) is 16.3. The minimum atomic E-state index is -0.513. The largest absolute Gasteiger partial charge is 0.497 e. The molecule has 0 spiro atoms. The molecular weight excluding hydrogens is 292 g/mol. The van der Waals surface area contributed by atoms with E-state index >= 15 is 0 Å². The van der Waals surface area contributed by atoms with E-state index in [1.54, 1.807) is 61.7 Å². The number of aromatic nitrogens is 1. The van der Waals surface area contributed by atoms with Gasteiger partial charge in [0, 0.05) is 0 Å². The topological polar surface area (TPSA) is 76.1 Å². The number of methoxy groups -OCH3 is 1. The van der Waals surface area contributed by atoms with Crippen molar-refractivity contribution in [1.29, 1.82) is 5.26 Å². The van der Waals surface area contributed by atoms with Crippen LogP contribution < -0.4 is 10.4 Å². The maximum atomic E-state index is 12.0. The highest BCUT2D eigenvalue weighted by Gasteiger charge is 2.10. The zero-order chi connectivity index (χ0) is 16.2. The van der Waals surface area contributed by atoms with E-state index in [4.69, 9.17) is 9.15 Å². The Balaban J connectivity index is 2.08. The molecule has 3 rings (SSSR count). The molecule has 0 saturated heterocycles. The van der Waals surface area contributed by atoms with Crippen molar-refractivity contribution in [3.63, 3.8) is 0 Å². The fraction of sp³-hybridized carbons (Fsp3) is 0.0556. The number of hydrogen-bond acceptors (Lipinski definition) is 5. The molecule has 112 valence electrons. The first-order chi connectivity index (χ1) is 11.2. The van der Waals surface area contributed by atoms with Gasteiger partial charge in [0.2, 0.25) is 5.89 Å². The summed E-state index contributed by atoms with van der Waals surface area (Å²) >= 11 is 0. The maximum absolute atomic E-state index is 12.0. The van der Waals surface area contributed by atoms with Gasteiger partial charge in [0.1, 0.15) is 17.4 Å². The fourth-order valence-corrected chi connectivity index (χ4v) is 2.14. The molecule has 2 aromatic carbocycles. The van der Waals surface area contributed by atoms with Crippen LogP contribution in [0.3, 0.4) is 0 Å². The van der Waals surface area contributed by atoms with Crippen molar-refractivity contribution in [3.8, 4) is 11.8 Å². The van der Waals surface area contributed by atoms with Crippen LogP contribution in [0.15, 0.2) is 57.7 Å². The lowest BCUT2D eigenvalue weighted by atomic mass is 10.1. The highest BCUT2D eigenvalue weighted by molar-refractivity contribution is 5.88. The second-order valence-corrected chi connectivity index (χ2v) is 4.77. The predicted octanol–water partition coefficient (Wildman–Crippen LogP) is 3.26. The molecule has 3 aromatic rings. The monoisotopic (exact) mass is 304 g/mol. The lowest BCUT2D eigenvalue weighted by molar-refractivity contribution is 0.415. The highest BCUT2D eigenvalue weighted by Crippen LogP contribution is 2.19. The molecule has 0 fully saturated rings. The standard InChI is InChI=1S/C18H12N2O3/c1-22-14-8-6-12(7-9-14)10-13(11-19)17-20-16-5-3-2-4-15(16)18(21)23-17/h2-10H,1H3. The summed E-state index contributed by atoms with van der Waals surface area (Å²) in [7, 11) is 1.58. The van der Waals surface area contributed by atoms with E-state index in [-0.39, 0.29) is 11.5 Å². The number of allylic oxidation sites excluding steroid dienone is 1. The third-order valence-corrected chi connectivity index (χ3v) is 3.31. The zero-order valence-corrected chi connectivity index (χ0v) is 12.3. The Morgan fingerprint density at radius 1 is 1.22 bits per heavy atom. The Labute approximate surface area is 132 Å². The van der Waals surface area contributed by atoms with Crippen LogP contribution in [0, 0.1) is 11.3 Å². The average Bonchev–Trinajstić information content (AvgIpc) is 2.60. The van der Waals surface area contributed by atoms with Crippen molar-refractivity contribution in [2.75, 3.05) is 7.11 Å². The normalized spacial score (nSPS) is 11.2. The predicted molar refractivity (Wildman–Crippen MR) is 86.8 cm³/mol. The smallest absolute Gasteiger partial charge is 0.347 e. The summed E-state index contributed by atoms with van der Waals surface area (Å²) in [6.07, 6.45) is 1.61. The number of rotatable bonds is 3. The van der Waals surface area contributed by atoms with Crippen LogP contribution in [0.5, 0.6) is 5.75 Å². The van der Waals surface area contributed by atoms with Crippen molar-refractivity contribution in [1.82, 2.24) is 4.98 Å². The zero-order valence-electron chi connectivity index (χ0n) is 12.3. The van der Waals surface area contributed by atoms with Crippen molar-refractivity contribution >= 4 is 22.6 Å². The lowest BCUT2D eigenvalue weighted by Gasteiger charge is -2.02. The van der Waals surface area contributed by atoms with Crippen molar-refractivity contribution in [3.05, 3.63) is 70.4 Å². The minimum absolute atomic E-state index is 0.00650. The van der Waals surface area contributed by atoms with Gasteiger partial charge in [0.15, 0.2) is 0 Å². The molecule has 5 nitrogen and oxygen atoms in total. The summed E-state index contributed by atoms with van der Waals surface area (Å²) in [6, 6.07) is 16.0. The molecule has 0 atom stereocenters. The molecule has 1 aromatic heterocycles. The van der Waals surface area contributed by atoms with Gasteiger partial charge in [-0.2, -0.15) is 5.26 Å². The molecule has 5 heteroatoms. The second-order valence-electron chi connectivity index (χ2n) is 4.77. The van der Waals surface area contributed by atoms with Gasteiger partial charge in [0.25, 0.3) is 0 Å². The average molecular weight is 304 g/mol. The maximum Gasteiger partial charge on any atom is 0.347 e. The molecule has 0 amide bonds. The summed E-state index contributed by atoms with van der Waals surface area (Å²) in [5.41, 5.74) is 0.939. The van der Waals surface area contributed by atoms with Gasteiger partial charge < -0.3 is 9.15 Å². The lowest BCUT2D eigenvalue weighted by Crippen LogP contribution is -2.04. The Hall–Kier alpha value is -3.39. The van der Waals surface area contributed by atoms with Gasteiger partial charge in [0.05, 0.1) is 18.0 Å². The van der Waals surface area contributed by atoms with Gasteiger partial charge >= 0.3 is 5.63 Å². The SMILES string of the molecule is COc1ccc(C=C(C#N)c2nc3ccccc3c(=O)o2)cc1. The molecule has 1 heterocycles. The number of nitriles is 1. The molecule has 0 aliphatic carbocycles. The van der Waals surface area contributed by atoms with Crippen molar-refractivity contribution in [2.24, 2.45) is 0 Å². The number of para-hydroxylation sites is 1. The first-order valence-corrected chi connectivity index (χ1v) is 6.87. The molecular formula is C18H12N2O3. The summed E-state index contributed by atoms with van der Waals surface area (Å²) in [5.74, 6) is 0.725. The van der Waals surface area contributed by atoms with Crippen LogP contribution in [0.1, 0.15) is 11.5 Å². The Kier molecular flexibility index (Phi) is 3.89. The van der Waals surface area contributed by atoms with E-state index in [1.165, 1.54) is 0 Å². The third-order valence-electron chi connectivity index (χ3n) is 3.31. The van der Waals surface area contributed by atoms with E-state index in [2.05, 4.69) is 4.98 Å². The van der Waals surface area contributed by atoms with Gasteiger partial charge in [-0.1, -0.05) is 24.3 Å². The molecule has 0 N–H and O–H groups in total. The highest BCUT2D eigenvalue weighted by atomic mass is 16.5. The summed E-state index contributed by atoms with van der Waals surface area (Å²) < 4.78 is 10.3. The van der Waals surface area contributed by atoms with Crippen LogP contribution in [0.25, 0.3) is 22.6 Å². The number of ether oxygens (including phenoxy) is 1. The van der Waals surface area contributed by atoms with E-state index < -0.39 is 5.63 Å². The number of fused-ring (bicyclic) bond motifs is 1. The van der Waals surface area contributed by atoms with Crippen LogP contribution in [0.4, 0.5) is 0 Å². The van der Waals surface area contributed by atoms with E-state index in [9.17, 15) is 10.1 Å². The van der Waals surface area contributed by atoms with Crippen molar-refractivity contribution < 1.29 is 9.15 Å². The van der Waals surface area contributed by atoms with Gasteiger partial charge in [-0.3, -0.25) is 0 Å². The Bertz CT molecular complexity index is 980. The molecule has 0 aliphatic rings. The van der Waals surface area contributed by atoms with Crippen LogP contribution in [0.2, 0.25) is 0 Å². The molecule has 0 saturated carbocycles. The molecule has 0 aliphatic heterocycles. The van der Waals surface area contributed by atoms with Crippen LogP contribution in [-0.2, 0) is 0 Å². The molecule has 0 bridgehead atoms. The van der Waals surface area contributed by atoms with Gasteiger partial charge in [-0.15, -0.1) is 0 Å². The van der Waals surface area contributed by atoms with Crippen LogP contribution >= 0.6 is 0 Å². The molecule has 0 unspecified atom stereocenters. The van der Waals surface area contributed by atoms with Crippen LogP contribution in [-0.4, -0.2) is 12.1 Å². The first kappa shape index (κ1) is 14.5. The van der Waals surface area contributed by atoms with Gasteiger partial charge in [-0.05, 0) is 35.9 Å². The Morgan fingerprint density at radius 3 is 2.65 bits per heavy atom. The summed E-state index contributed by atoms with van der Waals surface area (Å²) in [6.45, 7) is 0. The van der Waals surface area contributed by atoms with E-state index in [0.29, 0.717) is 10.9 Å².